The van der Waals surface area contributed by atoms with Crippen molar-refractivity contribution in [1.82, 2.24) is 14.9 Å². The minimum absolute atomic E-state index is 0.111. The molecule has 0 bridgehead atoms. The van der Waals surface area contributed by atoms with Gasteiger partial charge in [-0.25, -0.2) is 4.98 Å². The Morgan fingerprint density at radius 2 is 1.97 bits per heavy atom. The van der Waals surface area contributed by atoms with Crippen molar-refractivity contribution in [3.63, 3.8) is 0 Å². The molecule has 1 aromatic heterocycles. The summed E-state index contributed by atoms with van der Waals surface area (Å²) in [5, 5.41) is 0. The van der Waals surface area contributed by atoms with Crippen molar-refractivity contribution < 1.29 is 9.53 Å². The van der Waals surface area contributed by atoms with E-state index in [9.17, 15) is 9.59 Å². The molecule has 1 aromatic carbocycles. The van der Waals surface area contributed by atoms with Crippen LogP contribution in [-0.2, 0) is 16.0 Å². The van der Waals surface area contributed by atoms with Crippen LogP contribution in [0.5, 0.6) is 0 Å². The molecule has 1 atom stereocenters. The van der Waals surface area contributed by atoms with E-state index in [0.717, 1.165) is 32.6 Å². The molecule has 154 valence electrons. The van der Waals surface area contributed by atoms with E-state index < -0.39 is 0 Å². The molecule has 0 radical (unpaired) electrons. The van der Waals surface area contributed by atoms with Gasteiger partial charge < -0.3 is 14.5 Å². The Hall–Kier alpha value is -2.67. The van der Waals surface area contributed by atoms with Crippen LogP contribution in [-0.4, -0.2) is 60.2 Å². The summed E-state index contributed by atoms with van der Waals surface area (Å²) in [5.74, 6) is 1.11. The largest absolute Gasteiger partial charge is 0.378 e. The third-order valence-corrected chi connectivity index (χ3v) is 5.92. The van der Waals surface area contributed by atoms with Gasteiger partial charge >= 0.3 is 0 Å². The monoisotopic (exact) mass is 396 g/mol. The number of ether oxygens (including phenoxy) is 1. The van der Waals surface area contributed by atoms with Crippen molar-refractivity contribution in [2.75, 3.05) is 44.3 Å². The number of anilines is 1. The van der Waals surface area contributed by atoms with E-state index in [4.69, 9.17) is 4.74 Å². The first-order valence-corrected chi connectivity index (χ1v) is 10.4. The minimum Gasteiger partial charge on any atom is -0.378 e. The van der Waals surface area contributed by atoms with E-state index in [0.29, 0.717) is 49.2 Å². The number of amides is 1. The molecule has 4 rings (SSSR count). The van der Waals surface area contributed by atoms with Gasteiger partial charge in [-0.3, -0.25) is 14.6 Å². The number of aromatic amines is 1. The fourth-order valence-corrected chi connectivity index (χ4v) is 4.19. The molecule has 2 aromatic rings. The molecule has 29 heavy (non-hydrogen) atoms. The summed E-state index contributed by atoms with van der Waals surface area (Å²) in [6, 6.07) is 10.4. The number of H-pyrrole nitrogens is 1. The van der Waals surface area contributed by atoms with Crippen LogP contribution in [0.25, 0.3) is 0 Å². The van der Waals surface area contributed by atoms with Crippen LogP contribution in [0.1, 0.15) is 35.6 Å². The third kappa shape index (κ3) is 4.50. The normalized spacial score (nSPS) is 19.6. The van der Waals surface area contributed by atoms with Gasteiger partial charge in [0.25, 0.3) is 5.56 Å². The molecular weight excluding hydrogens is 368 g/mol. The number of morpholine rings is 1. The van der Waals surface area contributed by atoms with Crippen molar-refractivity contribution in [3.8, 4) is 0 Å². The SMILES string of the molecule is Cc1nc(N2CCOCC2)[nH]c(=O)c1CCC(=O)N1CC[C@@H](c2ccccc2)C1. The fourth-order valence-electron chi connectivity index (χ4n) is 4.19. The van der Waals surface area contributed by atoms with Crippen molar-refractivity contribution in [3.05, 3.63) is 57.5 Å². The fraction of sp³-hybridized carbons (Fsp3) is 0.500. The first kappa shape index (κ1) is 19.6. The second kappa shape index (κ2) is 8.78. The quantitative estimate of drug-likeness (QED) is 0.835. The van der Waals surface area contributed by atoms with E-state index in [1.54, 1.807) is 0 Å². The molecule has 2 aliphatic rings. The average molecular weight is 396 g/mol. The summed E-state index contributed by atoms with van der Waals surface area (Å²) in [7, 11) is 0. The Balaban J connectivity index is 1.36. The summed E-state index contributed by atoms with van der Waals surface area (Å²) >= 11 is 0. The number of hydrogen-bond acceptors (Lipinski definition) is 5. The van der Waals surface area contributed by atoms with Gasteiger partial charge in [-0.1, -0.05) is 30.3 Å². The zero-order chi connectivity index (χ0) is 20.2. The topological polar surface area (TPSA) is 78.5 Å². The van der Waals surface area contributed by atoms with Crippen LogP contribution in [0, 0.1) is 6.92 Å². The summed E-state index contributed by atoms with van der Waals surface area (Å²) in [5.41, 5.74) is 2.45. The molecule has 2 saturated heterocycles. The lowest BCUT2D eigenvalue weighted by molar-refractivity contribution is -0.130. The number of hydrogen-bond donors (Lipinski definition) is 1. The molecule has 0 saturated carbocycles. The standard InChI is InChI=1S/C22H28N4O3/c1-16-19(21(28)24-22(23-16)25-11-13-29-14-12-25)7-8-20(27)26-10-9-18(15-26)17-5-3-2-4-6-17/h2-6,18H,7-15H2,1H3,(H,23,24,28)/t18-/m1/s1. The van der Waals surface area contributed by atoms with Crippen molar-refractivity contribution in [2.24, 2.45) is 0 Å². The summed E-state index contributed by atoms with van der Waals surface area (Å²) in [6.45, 7) is 6.10. The van der Waals surface area contributed by atoms with Gasteiger partial charge in [0.15, 0.2) is 0 Å². The molecule has 2 fully saturated rings. The lowest BCUT2D eigenvalue weighted by Crippen LogP contribution is -2.38. The number of nitrogens with zero attached hydrogens (tertiary/aromatic N) is 3. The van der Waals surface area contributed by atoms with Gasteiger partial charge in [0.1, 0.15) is 0 Å². The van der Waals surface area contributed by atoms with Crippen molar-refractivity contribution in [1.29, 1.82) is 0 Å². The van der Waals surface area contributed by atoms with Crippen LogP contribution in [0.15, 0.2) is 35.1 Å². The molecular formula is C22H28N4O3. The van der Waals surface area contributed by atoms with Crippen LogP contribution in [0.4, 0.5) is 5.95 Å². The minimum atomic E-state index is -0.143. The molecule has 0 spiro atoms. The van der Waals surface area contributed by atoms with Gasteiger partial charge in [0, 0.05) is 49.8 Å². The average Bonchev–Trinajstić information content (AvgIpc) is 3.24. The number of carbonyl (C=O) groups is 1. The van der Waals surface area contributed by atoms with E-state index in [1.807, 2.05) is 34.9 Å². The highest BCUT2D eigenvalue weighted by Crippen LogP contribution is 2.27. The zero-order valence-corrected chi connectivity index (χ0v) is 16.9. The van der Waals surface area contributed by atoms with Crippen LogP contribution in [0.3, 0.4) is 0 Å². The predicted molar refractivity (Wildman–Crippen MR) is 111 cm³/mol. The lowest BCUT2D eigenvalue weighted by atomic mass is 9.99. The Kier molecular flexibility index (Phi) is 5.94. The van der Waals surface area contributed by atoms with Gasteiger partial charge in [0.05, 0.1) is 13.2 Å². The van der Waals surface area contributed by atoms with E-state index in [1.165, 1.54) is 5.56 Å². The number of nitrogens with one attached hydrogen (secondary N) is 1. The van der Waals surface area contributed by atoms with E-state index in [2.05, 4.69) is 22.1 Å². The summed E-state index contributed by atoms with van der Waals surface area (Å²) in [6.07, 6.45) is 1.75. The number of aromatic nitrogens is 2. The summed E-state index contributed by atoms with van der Waals surface area (Å²) < 4.78 is 5.35. The summed E-state index contributed by atoms with van der Waals surface area (Å²) in [4.78, 5) is 36.7. The zero-order valence-electron chi connectivity index (χ0n) is 16.9. The number of benzene rings is 1. The van der Waals surface area contributed by atoms with Crippen LogP contribution in [0.2, 0.25) is 0 Å². The molecule has 0 unspecified atom stereocenters. The highest BCUT2D eigenvalue weighted by atomic mass is 16.5. The molecule has 7 nitrogen and oxygen atoms in total. The Morgan fingerprint density at radius 3 is 2.69 bits per heavy atom. The smallest absolute Gasteiger partial charge is 0.255 e. The van der Waals surface area contributed by atoms with Crippen LogP contribution < -0.4 is 10.5 Å². The number of rotatable bonds is 5. The maximum Gasteiger partial charge on any atom is 0.255 e. The second-order valence-corrected chi connectivity index (χ2v) is 7.79. The first-order chi connectivity index (χ1) is 14.1. The van der Waals surface area contributed by atoms with E-state index in [-0.39, 0.29) is 11.5 Å². The van der Waals surface area contributed by atoms with Crippen LogP contribution >= 0.6 is 0 Å². The Bertz CT molecular complexity index is 906. The van der Waals surface area contributed by atoms with Gasteiger partial charge in [0.2, 0.25) is 11.9 Å². The molecule has 0 aliphatic carbocycles. The lowest BCUT2D eigenvalue weighted by Gasteiger charge is -2.27. The van der Waals surface area contributed by atoms with Crippen molar-refractivity contribution >= 4 is 11.9 Å². The number of carbonyl (C=O) groups excluding carboxylic acids is 1. The maximum atomic E-state index is 12.7. The number of likely N-dealkylation sites (tertiary alicyclic amines) is 1. The number of aryl methyl sites for hydroxylation is 1. The third-order valence-electron chi connectivity index (χ3n) is 5.92. The molecule has 1 amide bonds. The Labute approximate surface area is 170 Å². The molecule has 1 N–H and O–H groups in total. The maximum absolute atomic E-state index is 12.7. The van der Waals surface area contributed by atoms with Gasteiger partial charge in [-0.2, -0.15) is 0 Å². The van der Waals surface area contributed by atoms with Gasteiger partial charge in [-0.05, 0) is 25.3 Å². The van der Waals surface area contributed by atoms with Gasteiger partial charge in [-0.15, -0.1) is 0 Å². The second-order valence-electron chi connectivity index (χ2n) is 7.79. The van der Waals surface area contributed by atoms with Crippen molar-refractivity contribution in [2.45, 2.75) is 32.1 Å². The molecule has 3 heterocycles. The Morgan fingerprint density at radius 1 is 1.21 bits per heavy atom. The van der Waals surface area contributed by atoms with E-state index >= 15 is 0 Å². The highest BCUT2D eigenvalue weighted by molar-refractivity contribution is 5.77. The highest BCUT2D eigenvalue weighted by Gasteiger charge is 2.27. The molecule has 7 heteroatoms. The first-order valence-electron chi connectivity index (χ1n) is 10.4. The predicted octanol–water partition coefficient (Wildman–Crippen LogP) is 1.86. The molecule has 2 aliphatic heterocycles.